The highest BCUT2D eigenvalue weighted by atomic mass is 16.4. The first-order chi connectivity index (χ1) is 18.7. The van der Waals surface area contributed by atoms with Gasteiger partial charge in [-0.05, 0) is 37.0 Å². The summed E-state index contributed by atoms with van der Waals surface area (Å²) in [5.41, 5.74) is 21.5. The summed E-state index contributed by atoms with van der Waals surface area (Å²) in [6, 6.07) is 0.0947. The number of amides is 6. The zero-order chi connectivity index (χ0) is 30.4. The summed E-state index contributed by atoms with van der Waals surface area (Å²) in [6.45, 7) is 0. The molecule has 1 aromatic carbocycles. The SMILES string of the molecule is NC(=O)CCC(N)C(=O)NC(CCC(N)=O)C(=O)NC(Cc1ccc(O)cc1)C(=O)NC(CCC(N)=O)C(=O)O. The molecule has 16 nitrogen and oxygen atoms in total. The summed E-state index contributed by atoms with van der Waals surface area (Å²) >= 11 is 0. The number of carbonyl (C=O) groups excluding carboxylic acids is 6. The lowest BCUT2D eigenvalue weighted by atomic mass is 10.0. The van der Waals surface area contributed by atoms with Crippen molar-refractivity contribution in [3.8, 4) is 5.75 Å². The number of hydrogen-bond acceptors (Lipinski definition) is 9. The largest absolute Gasteiger partial charge is 0.508 e. The van der Waals surface area contributed by atoms with Crippen LogP contribution in [0.3, 0.4) is 0 Å². The lowest BCUT2D eigenvalue weighted by molar-refractivity contribution is -0.142. The number of carboxylic acids is 1. The van der Waals surface area contributed by atoms with Crippen LogP contribution in [0.4, 0.5) is 0 Å². The normalized spacial score (nSPS) is 13.6. The fraction of sp³-hybridized carbons (Fsp3) is 0.458. The topological polar surface area (TPSA) is 300 Å². The summed E-state index contributed by atoms with van der Waals surface area (Å²) in [5.74, 6) is -6.43. The van der Waals surface area contributed by atoms with Crippen LogP contribution in [0, 0.1) is 0 Å². The molecule has 220 valence electrons. The maximum absolute atomic E-state index is 13.2. The molecule has 4 unspecified atom stereocenters. The van der Waals surface area contributed by atoms with Gasteiger partial charge >= 0.3 is 5.97 Å². The van der Waals surface area contributed by atoms with Gasteiger partial charge in [0.25, 0.3) is 0 Å². The zero-order valence-corrected chi connectivity index (χ0v) is 21.6. The summed E-state index contributed by atoms with van der Waals surface area (Å²) in [7, 11) is 0. The molecule has 0 fully saturated rings. The van der Waals surface area contributed by atoms with Crippen LogP contribution in [-0.2, 0) is 40.0 Å². The van der Waals surface area contributed by atoms with E-state index in [1.54, 1.807) is 0 Å². The number of nitrogens with one attached hydrogen (secondary N) is 3. The molecule has 0 bridgehead atoms. The van der Waals surface area contributed by atoms with Crippen LogP contribution in [0.5, 0.6) is 5.75 Å². The van der Waals surface area contributed by atoms with Crippen molar-refractivity contribution in [2.45, 2.75) is 69.1 Å². The molecule has 0 aliphatic carbocycles. The van der Waals surface area contributed by atoms with Gasteiger partial charge in [-0.3, -0.25) is 28.8 Å². The molecule has 4 atom stereocenters. The third-order valence-corrected chi connectivity index (χ3v) is 5.65. The first kappa shape index (κ1) is 33.3. The number of nitrogens with two attached hydrogens (primary N) is 4. The van der Waals surface area contributed by atoms with Gasteiger partial charge < -0.3 is 49.1 Å². The van der Waals surface area contributed by atoms with Crippen molar-refractivity contribution in [2.24, 2.45) is 22.9 Å². The van der Waals surface area contributed by atoms with Crippen molar-refractivity contribution >= 4 is 41.4 Å². The lowest BCUT2D eigenvalue weighted by Crippen LogP contribution is -2.57. The molecule has 16 heteroatoms. The van der Waals surface area contributed by atoms with Crippen molar-refractivity contribution in [3.05, 3.63) is 29.8 Å². The second kappa shape index (κ2) is 16.3. The molecular formula is C24H35N7O9. The van der Waals surface area contributed by atoms with Gasteiger partial charge in [0.15, 0.2) is 0 Å². The number of carbonyl (C=O) groups is 7. The number of phenols is 1. The van der Waals surface area contributed by atoms with E-state index in [1.807, 2.05) is 0 Å². The van der Waals surface area contributed by atoms with Crippen LogP contribution in [0.1, 0.15) is 44.1 Å². The standard InChI is InChI=1S/C24H35N7O9/c25-14(5-8-18(26)33)21(36)29-15(6-9-19(27)34)22(37)31-17(11-12-1-3-13(32)4-2-12)23(38)30-16(24(39)40)7-10-20(28)35/h1-4,14-17,32H,5-11,25H2,(H2,26,33)(H2,27,34)(H2,28,35)(H,29,36)(H,30,38)(H,31,37)(H,39,40). The highest BCUT2D eigenvalue weighted by Gasteiger charge is 2.31. The summed E-state index contributed by atoms with van der Waals surface area (Å²) < 4.78 is 0. The molecule has 0 aromatic heterocycles. The minimum absolute atomic E-state index is 0.0620. The van der Waals surface area contributed by atoms with Gasteiger partial charge in [0, 0.05) is 25.7 Å². The number of benzene rings is 1. The summed E-state index contributed by atoms with van der Waals surface area (Å²) in [6.07, 6.45) is -1.70. The van der Waals surface area contributed by atoms with Crippen molar-refractivity contribution < 1.29 is 43.8 Å². The van der Waals surface area contributed by atoms with E-state index < -0.39 is 65.6 Å². The fourth-order valence-electron chi connectivity index (χ4n) is 3.43. The third-order valence-electron chi connectivity index (χ3n) is 5.65. The Morgan fingerprint density at radius 3 is 1.57 bits per heavy atom. The van der Waals surface area contributed by atoms with Crippen LogP contribution < -0.4 is 38.9 Å². The van der Waals surface area contributed by atoms with Crippen molar-refractivity contribution in [1.82, 2.24) is 16.0 Å². The van der Waals surface area contributed by atoms with Crippen LogP contribution in [-0.4, -0.2) is 75.8 Å². The average Bonchev–Trinajstić information content (AvgIpc) is 2.87. The Morgan fingerprint density at radius 1 is 0.650 bits per heavy atom. The monoisotopic (exact) mass is 565 g/mol. The van der Waals surface area contributed by atoms with Crippen LogP contribution in [0.25, 0.3) is 0 Å². The van der Waals surface area contributed by atoms with E-state index in [4.69, 9.17) is 22.9 Å². The number of carboxylic acid groups (broad SMARTS) is 1. The Balaban J connectivity index is 3.17. The van der Waals surface area contributed by atoms with Crippen LogP contribution in [0.2, 0.25) is 0 Å². The molecule has 0 radical (unpaired) electrons. The molecule has 0 aliphatic heterocycles. The molecule has 1 aromatic rings. The first-order valence-corrected chi connectivity index (χ1v) is 12.2. The van der Waals surface area contributed by atoms with E-state index in [-0.39, 0.29) is 50.7 Å². The highest BCUT2D eigenvalue weighted by molar-refractivity contribution is 5.94. The zero-order valence-electron chi connectivity index (χ0n) is 21.6. The summed E-state index contributed by atoms with van der Waals surface area (Å²) in [5, 5.41) is 26.0. The van der Waals surface area contributed by atoms with E-state index in [0.29, 0.717) is 5.56 Å². The molecule has 40 heavy (non-hydrogen) atoms. The molecule has 13 N–H and O–H groups in total. The average molecular weight is 566 g/mol. The third kappa shape index (κ3) is 12.7. The van der Waals surface area contributed by atoms with Crippen molar-refractivity contribution in [3.63, 3.8) is 0 Å². The van der Waals surface area contributed by atoms with Gasteiger partial charge in [0.1, 0.15) is 23.9 Å². The van der Waals surface area contributed by atoms with Gasteiger partial charge in [-0.15, -0.1) is 0 Å². The Bertz CT molecular complexity index is 1090. The molecule has 0 heterocycles. The molecule has 6 amide bonds. The fourth-order valence-corrected chi connectivity index (χ4v) is 3.43. The maximum Gasteiger partial charge on any atom is 0.326 e. The molecule has 0 saturated carbocycles. The van der Waals surface area contributed by atoms with E-state index >= 15 is 0 Å². The van der Waals surface area contributed by atoms with E-state index in [2.05, 4.69) is 16.0 Å². The molecule has 0 aliphatic rings. The van der Waals surface area contributed by atoms with Crippen molar-refractivity contribution in [2.75, 3.05) is 0 Å². The molecule has 0 saturated heterocycles. The van der Waals surface area contributed by atoms with Crippen LogP contribution >= 0.6 is 0 Å². The lowest BCUT2D eigenvalue weighted by Gasteiger charge is -2.25. The number of hydrogen-bond donors (Lipinski definition) is 9. The molecular weight excluding hydrogens is 530 g/mol. The van der Waals surface area contributed by atoms with Gasteiger partial charge in [0.05, 0.1) is 6.04 Å². The van der Waals surface area contributed by atoms with E-state index in [1.165, 1.54) is 24.3 Å². The Kier molecular flexibility index (Phi) is 13.6. The van der Waals surface area contributed by atoms with Gasteiger partial charge in [0.2, 0.25) is 35.4 Å². The predicted molar refractivity (Wildman–Crippen MR) is 138 cm³/mol. The predicted octanol–water partition coefficient (Wildman–Crippen LogP) is -3.40. The van der Waals surface area contributed by atoms with Gasteiger partial charge in [-0.25, -0.2) is 4.79 Å². The second-order valence-electron chi connectivity index (χ2n) is 9.01. The highest BCUT2D eigenvalue weighted by Crippen LogP contribution is 2.12. The Hall–Kier alpha value is -4.73. The van der Waals surface area contributed by atoms with Crippen LogP contribution in [0.15, 0.2) is 24.3 Å². The minimum atomic E-state index is -1.51. The summed E-state index contributed by atoms with van der Waals surface area (Å²) in [4.78, 5) is 83.8. The second-order valence-corrected chi connectivity index (χ2v) is 9.01. The first-order valence-electron chi connectivity index (χ1n) is 12.2. The smallest absolute Gasteiger partial charge is 0.326 e. The number of primary amides is 3. The number of rotatable bonds is 18. The number of phenolic OH excluding ortho intramolecular Hbond substituents is 1. The maximum atomic E-state index is 13.2. The number of aliphatic carboxylic acids is 1. The molecule has 0 spiro atoms. The van der Waals surface area contributed by atoms with Crippen molar-refractivity contribution in [1.29, 1.82) is 0 Å². The number of aromatic hydroxyl groups is 1. The van der Waals surface area contributed by atoms with Gasteiger partial charge in [-0.2, -0.15) is 0 Å². The quantitative estimate of drug-likeness (QED) is 0.0849. The van der Waals surface area contributed by atoms with E-state index in [0.717, 1.165) is 0 Å². The minimum Gasteiger partial charge on any atom is -0.508 e. The Labute approximate surface area is 229 Å². The van der Waals surface area contributed by atoms with E-state index in [9.17, 15) is 43.8 Å². The van der Waals surface area contributed by atoms with Gasteiger partial charge in [-0.1, -0.05) is 12.1 Å². The Morgan fingerprint density at radius 2 is 1.07 bits per heavy atom. The molecule has 1 rings (SSSR count).